The molecule has 0 aromatic carbocycles. The molecule has 0 atom stereocenters. The Morgan fingerprint density at radius 1 is 1.24 bits per heavy atom. The lowest BCUT2D eigenvalue weighted by Gasteiger charge is -2.13. The number of aryl methyl sites for hydroxylation is 1. The second kappa shape index (κ2) is 6.05. The predicted molar refractivity (Wildman–Crippen MR) is 85.3 cm³/mol. The van der Waals surface area contributed by atoms with E-state index in [1.807, 2.05) is 12.3 Å². The Hall–Kier alpha value is -1.56. The number of nitrogens with zero attached hydrogens (tertiary/aromatic N) is 3. The molecule has 0 aliphatic carbocycles. The second-order valence-electron chi connectivity index (χ2n) is 6.01. The molecule has 2 aromatic rings. The van der Waals surface area contributed by atoms with Crippen LogP contribution in [0.4, 0.5) is 10.2 Å². The molecule has 2 heterocycles. The lowest BCUT2D eigenvalue weighted by Crippen LogP contribution is -2.11. The quantitative estimate of drug-likeness (QED) is 0.921. The third-order valence-electron chi connectivity index (χ3n) is 2.93. The van der Waals surface area contributed by atoms with Crippen LogP contribution in [0.2, 0.25) is 0 Å². The molecule has 0 bridgehead atoms. The molecule has 0 aliphatic heterocycles. The summed E-state index contributed by atoms with van der Waals surface area (Å²) >= 11 is 1.58. The van der Waals surface area contributed by atoms with Gasteiger partial charge in [0.15, 0.2) is 17.5 Å². The molecule has 0 unspecified atom stereocenters. The molecule has 0 radical (unpaired) electrons. The summed E-state index contributed by atoms with van der Waals surface area (Å²) in [6, 6.07) is 0. The van der Waals surface area contributed by atoms with E-state index in [1.54, 1.807) is 18.3 Å². The van der Waals surface area contributed by atoms with E-state index >= 15 is 0 Å². The fraction of sp³-hybridized carbons (Fsp3) is 0.533. The molecule has 0 aliphatic rings. The van der Waals surface area contributed by atoms with Gasteiger partial charge in [-0.15, -0.1) is 11.3 Å². The Morgan fingerprint density at radius 2 is 1.95 bits per heavy atom. The molecule has 0 spiro atoms. The van der Waals surface area contributed by atoms with Crippen LogP contribution < -0.4 is 5.32 Å². The number of halogens is 1. The molecular weight excluding hydrogens is 287 g/mol. The van der Waals surface area contributed by atoms with E-state index in [1.165, 1.54) is 0 Å². The zero-order chi connectivity index (χ0) is 15.6. The summed E-state index contributed by atoms with van der Waals surface area (Å²) in [5.41, 5.74) is 1.03. The van der Waals surface area contributed by atoms with Crippen molar-refractivity contribution in [1.29, 1.82) is 0 Å². The molecule has 4 nitrogen and oxygen atoms in total. The van der Waals surface area contributed by atoms with Crippen LogP contribution in [0.1, 0.15) is 44.8 Å². The molecule has 114 valence electrons. The van der Waals surface area contributed by atoms with Crippen LogP contribution in [0, 0.1) is 12.7 Å². The van der Waals surface area contributed by atoms with Crippen molar-refractivity contribution < 1.29 is 4.39 Å². The van der Waals surface area contributed by atoms with Gasteiger partial charge in [-0.2, -0.15) is 0 Å². The number of anilines is 1. The number of nitrogens with one attached hydrogen (secondary N) is 1. The van der Waals surface area contributed by atoms with Crippen LogP contribution in [0.3, 0.4) is 0 Å². The van der Waals surface area contributed by atoms with E-state index in [2.05, 4.69) is 41.0 Å². The highest BCUT2D eigenvalue weighted by molar-refractivity contribution is 7.10. The topological polar surface area (TPSA) is 50.7 Å². The predicted octanol–water partition coefficient (Wildman–Crippen LogP) is 4.17. The molecule has 1 N–H and O–H groups in total. The lowest BCUT2D eigenvalue weighted by molar-refractivity contribution is 0.585. The van der Waals surface area contributed by atoms with Crippen molar-refractivity contribution in [2.45, 2.75) is 46.5 Å². The first-order valence-corrected chi connectivity index (χ1v) is 7.95. The first-order valence-electron chi connectivity index (χ1n) is 7.07. The highest BCUT2D eigenvalue weighted by atomic mass is 32.1. The van der Waals surface area contributed by atoms with Crippen molar-refractivity contribution in [2.75, 3.05) is 11.9 Å². The van der Waals surface area contributed by atoms with Crippen LogP contribution in [0.25, 0.3) is 11.5 Å². The van der Waals surface area contributed by atoms with Crippen molar-refractivity contribution in [3.8, 4) is 11.5 Å². The van der Waals surface area contributed by atoms with Gasteiger partial charge in [-0.3, -0.25) is 0 Å². The molecule has 0 fully saturated rings. The number of thiazole rings is 1. The van der Waals surface area contributed by atoms with Crippen LogP contribution in [0.15, 0.2) is 5.38 Å². The lowest BCUT2D eigenvalue weighted by atomic mass is 9.98. The van der Waals surface area contributed by atoms with E-state index in [-0.39, 0.29) is 11.2 Å². The molecule has 0 saturated heterocycles. The van der Waals surface area contributed by atoms with Gasteiger partial charge in [0.25, 0.3) is 0 Å². The van der Waals surface area contributed by atoms with Crippen molar-refractivity contribution in [1.82, 2.24) is 15.0 Å². The Morgan fingerprint density at radius 3 is 2.52 bits per heavy atom. The zero-order valence-corrected chi connectivity index (χ0v) is 13.9. The van der Waals surface area contributed by atoms with E-state index in [4.69, 9.17) is 0 Å². The Bertz CT molecular complexity index is 631. The number of hydrogen-bond acceptors (Lipinski definition) is 5. The van der Waals surface area contributed by atoms with E-state index in [9.17, 15) is 4.39 Å². The van der Waals surface area contributed by atoms with E-state index in [0.717, 1.165) is 11.4 Å². The molecule has 2 rings (SSSR count). The summed E-state index contributed by atoms with van der Waals surface area (Å²) in [5, 5.41) is 5.95. The van der Waals surface area contributed by atoms with Crippen molar-refractivity contribution in [3.05, 3.63) is 21.9 Å². The van der Waals surface area contributed by atoms with Gasteiger partial charge in [-0.1, -0.05) is 27.7 Å². The summed E-state index contributed by atoms with van der Waals surface area (Å²) in [6.07, 6.45) is 0.905. The number of hydrogen-bond donors (Lipinski definition) is 1. The van der Waals surface area contributed by atoms with Crippen LogP contribution in [-0.4, -0.2) is 21.5 Å². The van der Waals surface area contributed by atoms with Gasteiger partial charge in [-0.25, -0.2) is 19.3 Å². The van der Waals surface area contributed by atoms with Gasteiger partial charge < -0.3 is 5.32 Å². The molecule has 0 saturated carbocycles. The summed E-state index contributed by atoms with van der Waals surface area (Å²) in [4.78, 5) is 13.1. The van der Waals surface area contributed by atoms with Crippen molar-refractivity contribution in [2.24, 2.45) is 0 Å². The van der Waals surface area contributed by atoms with Gasteiger partial charge in [-0.05, 0) is 13.3 Å². The Kier molecular flexibility index (Phi) is 4.56. The van der Waals surface area contributed by atoms with Gasteiger partial charge >= 0.3 is 0 Å². The maximum Gasteiger partial charge on any atom is 0.186 e. The molecule has 2 aromatic heterocycles. The average molecular weight is 308 g/mol. The Labute approximate surface area is 128 Å². The smallest absolute Gasteiger partial charge is 0.186 e. The maximum atomic E-state index is 14.0. The summed E-state index contributed by atoms with van der Waals surface area (Å²) < 4.78 is 14.0. The van der Waals surface area contributed by atoms with Crippen LogP contribution >= 0.6 is 11.3 Å². The van der Waals surface area contributed by atoms with Crippen molar-refractivity contribution >= 4 is 17.2 Å². The van der Waals surface area contributed by atoms with Gasteiger partial charge in [0.05, 0.1) is 10.7 Å². The minimum atomic E-state index is -0.390. The third kappa shape index (κ3) is 3.56. The largest absolute Gasteiger partial charge is 0.368 e. The average Bonchev–Trinajstić information content (AvgIpc) is 2.90. The first kappa shape index (κ1) is 15.8. The Balaban J connectivity index is 2.40. The molecule has 0 amide bonds. The van der Waals surface area contributed by atoms with Crippen molar-refractivity contribution in [3.63, 3.8) is 0 Å². The highest BCUT2D eigenvalue weighted by Gasteiger charge is 2.20. The second-order valence-corrected chi connectivity index (χ2v) is 6.87. The molecule has 6 heteroatoms. The van der Waals surface area contributed by atoms with Gasteiger partial charge in [0.2, 0.25) is 0 Å². The highest BCUT2D eigenvalue weighted by Crippen LogP contribution is 2.29. The fourth-order valence-corrected chi connectivity index (χ4v) is 2.64. The summed E-state index contributed by atoms with van der Waals surface area (Å²) in [5.74, 6) is 0.336. The standard InChI is InChI=1S/C15H21FN4S/c1-6-7-17-13-11(16)9(2)18-12(20-13)10-8-21-14(19-10)15(3,4)5/h8H,6-7H2,1-5H3,(H,17,18,20). The molecule has 21 heavy (non-hydrogen) atoms. The SMILES string of the molecule is CCCNc1nc(-c2csc(C(C)(C)C)n2)nc(C)c1F. The maximum absolute atomic E-state index is 14.0. The van der Waals surface area contributed by atoms with E-state index < -0.39 is 5.82 Å². The van der Waals surface area contributed by atoms with Gasteiger partial charge in [0.1, 0.15) is 5.69 Å². The monoisotopic (exact) mass is 308 g/mol. The van der Waals surface area contributed by atoms with Crippen LogP contribution in [0.5, 0.6) is 0 Å². The first-order chi connectivity index (χ1) is 9.82. The zero-order valence-electron chi connectivity index (χ0n) is 13.1. The number of aromatic nitrogens is 3. The minimum Gasteiger partial charge on any atom is -0.368 e. The molecular formula is C15H21FN4S. The van der Waals surface area contributed by atoms with Crippen LogP contribution in [-0.2, 0) is 5.41 Å². The summed E-state index contributed by atoms with van der Waals surface area (Å²) in [7, 11) is 0. The minimum absolute atomic E-state index is 0.0126. The fourth-order valence-electron chi connectivity index (χ4n) is 1.76. The number of rotatable bonds is 4. The summed E-state index contributed by atoms with van der Waals surface area (Å²) in [6.45, 7) is 10.7. The third-order valence-corrected chi connectivity index (χ3v) is 4.20. The normalized spacial score (nSPS) is 11.7. The van der Waals surface area contributed by atoms with Gasteiger partial charge in [0, 0.05) is 17.3 Å². The van der Waals surface area contributed by atoms with E-state index in [0.29, 0.717) is 23.8 Å².